The monoisotopic (exact) mass is 261 g/mol. The molecule has 0 heterocycles. The minimum Gasteiger partial charge on any atom is -0.323 e. The number of hydrogen-bond acceptors (Lipinski definition) is 2. The lowest BCUT2D eigenvalue weighted by molar-refractivity contribution is 0.624. The molecule has 2 aromatic carbocycles. The summed E-state index contributed by atoms with van der Waals surface area (Å²) in [5, 5.41) is 0.234. The normalized spacial score (nSPS) is 14.2. The van der Waals surface area contributed by atoms with Crippen molar-refractivity contribution in [1.82, 2.24) is 0 Å². The molecule has 0 fully saturated rings. The lowest BCUT2D eigenvalue weighted by Gasteiger charge is -2.19. The van der Waals surface area contributed by atoms with E-state index in [0.717, 1.165) is 5.56 Å². The summed E-state index contributed by atoms with van der Waals surface area (Å²) in [6.07, 6.45) is 0. The van der Waals surface area contributed by atoms with Crippen LogP contribution in [0.2, 0.25) is 0 Å². The molecule has 3 heteroatoms. The summed E-state index contributed by atoms with van der Waals surface area (Å²) < 4.78 is 12.9. The van der Waals surface area contributed by atoms with Gasteiger partial charge in [-0.3, -0.25) is 0 Å². The number of benzene rings is 2. The molecular formula is C15H16FNS. The van der Waals surface area contributed by atoms with E-state index in [4.69, 9.17) is 5.73 Å². The minimum absolute atomic E-state index is 0.101. The Kier molecular flexibility index (Phi) is 4.39. The van der Waals surface area contributed by atoms with Gasteiger partial charge in [0.1, 0.15) is 5.82 Å². The van der Waals surface area contributed by atoms with E-state index in [1.54, 1.807) is 23.9 Å². The lowest BCUT2D eigenvalue weighted by Crippen LogP contribution is -2.20. The first-order valence-corrected chi connectivity index (χ1v) is 6.77. The summed E-state index contributed by atoms with van der Waals surface area (Å²) in [5.74, 6) is -0.227. The summed E-state index contributed by atoms with van der Waals surface area (Å²) in [7, 11) is 0. The van der Waals surface area contributed by atoms with E-state index in [1.807, 2.05) is 18.2 Å². The van der Waals surface area contributed by atoms with Crippen LogP contribution in [0.5, 0.6) is 0 Å². The van der Waals surface area contributed by atoms with E-state index in [1.165, 1.54) is 17.0 Å². The van der Waals surface area contributed by atoms with Gasteiger partial charge in [-0.2, -0.15) is 0 Å². The van der Waals surface area contributed by atoms with Gasteiger partial charge in [-0.1, -0.05) is 37.3 Å². The Morgan fingerprint density at radius 2 is 1.61 bits per heavy atom. The van der Waals surface area contributed by atoms with Crippen LogP contribution < -0.4 is 5.73 Å². The van der Waals surface area contributed by atoms with E-state index < -0.39 is 0 Å². The summed E-state index contributed by atoms with van der Waals surface area (Å²) in [6, 6.07) is 16.5. The predicted molar refractivity (Wildman–Crippen MR) is 75.1 cm³/mol. The van der Waals surface area contributed by atoms with E-state index in [9.17, 15) is 4.39 Å². The number of nitrogens with two attached hydrogens (primary N) is 1. The zero-order valence-corrected chi connectivity index (χ0v) is 11.0. The molecule has 0 aliphatic rings. The minimum atomic E-state index is -0.227. The van der Waals surface area contributed by atoms with E-state index in [0.29, 0.717) is 0 Å². The van der Waals surface area contributed by atoms with Crippen LogP contribution in [-0.4, -0.2) is 5.25 Å². The maximum Gasteiger partial charge on any atom is 0.123 e. The molecule has 0 aromatic heterocycles. The van der Waals surface area contributed by atoms with Gasteiger partial charge in [-0.15, -0.1) is 11.8 Å². The molecule has 0 aliphatic carbocycles. The third-order valence-electron chi connectivity index (χ3n) is 2.83. The quantitative estimate of drug-likeness (QED) is 0.842. The van der Waals surface area contributed by atoms with E-state index in [2.05, 4.69) is 19.1 Å². The first kappa shape index (κ1) is 13.1. The molecule has 94 valence electrons. The summed E-state index contributed by atoms with van der Waals surface area (Å²) in [6.45, 7) is 2.09. The molecule has 0 spiro atoms. The molecule has 0 radical (unpaired) electrons. The van der Waals surface area contributed by atoms with Crippen LogP contribution in [-0.2, 0) is 0 Å². The fourth-order valence-electron chi connectivity index (χ4n) is 1.74. The average molecular weight is 261 g/mol. The zero-order valence-electron chi connectivity index (χ0n) is 10.2. The first-order chi connectivity index (χ1) is 8.66. The number of hydrogen-bond donors (Lipinski definition) is 1. The van der Waals surface area contributed by atoms with Crippen LogP contribution in [0.25, 0.3) is 0 Å². The molecule has 2 aromatic rings. The summed E-state index contributed by atoms with van der Waals surface area (Å²) >= 11 is 1.73. The van der Waals surface area contributed by atoms with Gasteiger partial charge in [-0.25, -0.2) is 4.39 Å². The highest BCUT2D eigenvalue weighted by molar-refractivity contribution is 8.00. The number of thioether (sulfide) groups is 1. The molecule has 2 atom stereocenters. The molecule has 2 rings (SSSR count). The number of halogens is 1. The Hall–Kier alpha value is -1.32. The van der Waals surface area contributed by atoms with E-state index in [-0.39, 0.29) is 17.1 Å². The molecule has 0 saturated carbocycles. The van der Waals surface area contributed by atoms with Crippen LogP contribution in [0.3, 0.4) is 0 Å². The lowest BCUT2D eigenvalue weighted by atomic mass is 10.1. The fraction of sp³-hybridized carbons (Fsp3) is 0.200. The standard InChI is InChI=1S/C15H16FNS/c1-11(18-14-5-3-2-4-6-14)15(17)12-7-9-13(16)10-8-12/h2-11,15H,17H2,1H3. The first-order valence-electron chi connectivity index (χ1n) is 5.89. The van der Waals surface area contributed by atoms with Crippen LogP contribution in [0.4, 0.5) is 4.39 Å². The number of rotatable bonds is 4. The highest BCUT2D eigenvalue weighted by Crippen LogP contribution is 2.30. The van der Waals surface area contributed by atoms with Crippen LogP contribution >= 0.6 is 11.8 Å². The maximum absolute atomic E-state index is 12.9. The average Bonchev–Trinajstić information content (AvgIpc) is 2.40. The van der Waals surface area contributed by atoms with Crippen molar-refractivity contribution in [2.75, 3.05) is 0 Å². The van der Waals surface area contributed by atoms with Crippen molar-refractivity contribution in [3.8, 4) is 0 Å². The Balaban J connectivity index is 2.05. The van der Waals surface area contributed by atoms with Gasteiger partial charge in [0.05, 0.1) is 0 Å². The topological polar surface area (TPSA) is 26.0 Å². The second-order valence-electron chi connectivity index (χ2n) is 4.21. The van der Waals surface area contributed by atoms with Gasteiger partial charge in [0, 0.05) is 16.2 Å². The molecule has 0 saturated heterocycles. The van der Waals surface area contributed by atoms with Gasteiger partial charge in [-0.05, 0) is 29.8 Å². The Bertz CT molecular complexity index is 484. The molecule has 18 heavy (non-hydrogen) atoms. The molecular weight excluding hydrogens is 245 g/mol. The van der Waals surface area contributed by atoms with Crippen molar-refractivity contribution in [2.24, 2.45) is 5.73 Å². The van der Waals surface area contributed by atoms with E-state index >= 15 is 0 Å². The van der Waals surface area contributed by atoms with Gasteiger partial charge in [0.15, 0.2) is 0 Å². The van der Waals surface area contributed by atoms with Crippen LogP contribution in [0, 0.1) is 5.82 Å². The third-order valence-corrected chi connectivity index (χ3v) is 4.04. The molecule has 1 nitrogen and oxygen atoms in total. The van der Waals surface area contributed by atoms with Gasteiger partial charge in [0.2, 0.25) is 0 Å². The van der Waals surface area contributed by atoms with Crippen molar-refractivity contribution >= 4 is 11.8 Å². The Morgan fingerprint density at radius 1 is 1.00 bits per heavy atom. The fourth-order valence-corrected chi connectivity index (χ4v) is 2.79. The molecule has 0 bridgehead atoms. The third kappa shape index (κ3) is 3.34. The molecule has 0 amide bonds. The highest BCUT2D eigenvalue weighted by atomic mass is 32.2. The zero-order chi connectivity index (χ0) is 13.0. The van der Waals surface area contributed by atoms with Gasteiger partial charge < -0.3 is 5.73 Å². The van der Waals surface area contributed by atoms with Crippen molar-refractivity contribution < 1.29 is 4.39 Å². The Labute approximate surface area is 111 Å². The molecule has 0 aliphatic heterocycles. The van der Waals surface area contributed by atoms with Crippen molar-refractivity contribution in [3.05, 3.63) is 66.0 Å². The van der Waals surface area contributed by atoms with Gasteiger partial charge >= 0.3 is 0 Å². The Morgan fingerprint density at radius 3 is 2.22 bits per heavy atom. The maximum atomic E-state index is 12.9. The molecule has 2 N–H and O–H groups in total. The van der Waals surface area contributed by atoms with Crippen LogP contribution in [0.1, 0.15) is 18.5 Å². The smallest absolute Gasteiger partial charge is 0.123 e. The summed E-state index contributed by atoms with van der Waals surface area (Å²) in [5.41, 5.74) is 7.16. The van der Waals surface area contributed by atoms with Gasteiger partial charge in [0.25, 0.3) is 0 Å². The summed E-state index contributed by atoms with van der Waals surface area (Å²) in [4.78, 5) is 1.20. The predicted octanol–water partition coefficient (Wildman–Crippen LogP) is 4.01. The second kappa shape index (κ2) is 6.03. The largest absolute Gasteiger partial charge is 0.323 e. The van der Waals surface area contributed by atoms with Crippen molar-refractivity contribution in [1.29, 1.82) is 0 Å². The highest BCUT2D eigenvalue weighted by Gasteiger charge is 2.15. The SMILES string of the molecule is CC(Sc1ccccc1)C(N)c1ccc(F)cc1. The molecule has 2 unspecified atom stereocenters. The second-order valence-corrected chi connectivity index (χ2v) is 5.66. The van der Waals surface area contributed by atoms with Crippen molar-refractivity contribution in [2.45, 2.75) is 23.1 Å². The van der Waals surface area contributed by atoms with Crippen molar-refractivity contribution in [3.63, 3.8) is 0 Å². The van der Waals surface area contributed by atoms with Crippen LogP contribution in [0.15, 0.2) is 59.5 Å².